The Labute approximate surface area is 208 Å². The van der Waals surface area contributed by atoms with E-state index in [1.807, 2.05) is 24.3 Å². The van der Waals surface area contributed by atoms with E-state index in [0.29, 0.717) is 5.02 Å². The average molecular weight is 478 g/mol. The molecule has 0 radical (unpaired) electrons. The number of halogens is 1. The van der Waals surface area contributed by atoms with Crippen molar-refractivity contribution < 1.29 is 14.0 Å². The summed E-state index contributed by atoms with van der Waals surface area (Å²) in [5.41, 5.74) is 4.59. The van der Waals surface area contributed by atoms with Crippen LogP contribution in [-0.4, -0.2) is 44.4 Å². The maximum Gasteiger partial charge on any atom is 0.495 e. The van der Waals surface area contributed by atoms with Crippen molar-refractivity contribution in [3.8, 4) is 16.9 Å². The van der Waals surface area contributed by atoms with Gasteiger partial charge in [0.1, 0.15) is 5.75 Å². The van der Waals surface area contributed by atoms with Gasteiger partial charge in [-0.15, -0.1) is 0 Å². The lowest BCUT2D eigenvalue weighted by Gasteiger charge is -2.32. The van der Waals surface area contributed by atoms with E-state index < -0.39 is 18.3 Å². The molecule has 3 aromatic rings. The Morgan fingerprint density at radius 2 is 1.50 bits per heavy atom. The van der Waals surface area contributed by atoms with Crippen LogP contribution in [0, 0.1) is 0 Å². The first-order valence-electron chi connectivity index (χ1n) is 11.6. The lowest BCUT2D eigenvalue weighted by atomic mass is 9.72. The number of methoxy groups -OCH3 is 1. The van der Waals surface area contributed by atoms with Gasteiger partial charge in [0.2, 0.25) is 0 Å². The highest BCUT2D eigenvalue weighted by molar-refractivity contribution is 6.62. The van der Waals surface area contributed by atoms with Gasteiger partial charge in [-0.1, -0.05) is 54.1 Å². The largest absolute Gasteiger partial charge is 0.497 e. The molecule has 0 N–H and O–H groups in total. The summed E-state index contributed by atoms with van der Waals surface area (Å²) < 4.78 is 18.5. The monoisotopic (exact) mass is 477 g/mol. The Hall–Kier alpha value is -2.31. The molecule has 178 valence electrons. The maximum atomic E-state index is 6.49. The first kappa shape index (κ1) is 24.8. The van der Waals surface area contributed by atoms with Crippen LogP contribution < -0.4 is 10.2 Å². The highest BCUT2D eigenvalue weighted by Crippen LogP contribution is 2.39. The number of rotatable bonds is 6. The standard InChI is InChI=1S/C28H33BClNO3/c1-27(2)28(3,4)34-29(33-27)25-14-13-20(19-11-9-8-10-12-19)17-24(25)26(31(5)6)21-15-22(30)18-23(16-21)32-7/h8-18,26H,1-7H3/t26-/m0/s1. The number of hydrogen-bond donors (Lipinski definition) is 0. The van der Waals surface area contributed by atoms with E-state index in [1.54, 1.807) is 7.11 Å². The molecule has 4 rings (SSSR count). The van der Waals surface area contributed by atoms with Crippen LogP contribution in [0.15, 0.2) is 66.7 Å². The van der Waals surface area contributed by atoms with Gasteiger partial charge in [0.25, 0.3) is 0 Å². The molecule has 1 aliphatic rings. The van der Waals surface area contributed by atoms with Crippen molar-refractivity contribution in [1.29, 1.82) is 0 Å². The molecule has 1 aliphatic heterocycles. The SMILES string of the molecule is COc1cc(Cl)cc([C@@H](c2cc(-c3ccccc3)ccc2B2OC(C)(C)C(C)(C)O2)N(C)C)c1. The zero-order chi connectivity index (χ0) is 24.7. The summed E-state index contributed by atoms with van der Waals surface area (Å²) in [5.74, 6) is 0.728. The molecular weight excluding hydrogens is 445 g/mol. The minimum Gasteiger partial charge on any atom is -0.497 e. The molecule has 1 atom stereocenters. The third kappa shape index (κ3) is 4.76. The molecule has 34 heavy (non-hydrogen) atoms. The molecule has 6 heteroatoms. The molecule has 0 saturated carbocycles. The number of benzene rings is 3. The molecule has 1 saturated heterocycles. The van der Waals surface area contributed by atoms with Crippen molar-refractivity contribution in [2.45, 2.75) is 44.9 Å². The Balaban J connectivity index is 1.91. The van der Waals surface area contributed by atoms with E-state index in [9.17, 15) is 0 Å². The first-order valence-corrected chi connectivity index (χ1v) is 12.0. The van der Waals surface area contributed by atoms with Gasteiger partial charge in [-0.25, -0.2) is 0 Å². The van der Waals surface area contributed by atoms with Gasteiger partial charge in [-0.2, -0.15) is 0 Å². The van der Waals surface area contributed by atoms with Crippen LogP contribution in [0.3, 0.4) is 0 Å². The Kier molecular flexibility index (Phi) is 6.85. The van der Waals surface area contributed by atoms with Crippen LogP contribution >= 0.6 is 11.6 Å². The third-order valence-electron chi connectivity index (χ3n) is 6.96. The van der Waals surface area contributed by atoms with Gasteiger partial charge in [-0.3, -0.25) is 4.90 Å². The Morgan fingerprint density at radius 3 is 2.09 bits per heavy atom. The topological polar surface area (TPSA) is 30.9 Å². The summed E-state index contributed by atoms with van der Waals surface area (Å²) in [4.78, 5) is 2.18. The van der Waals surface area contributed by atoms with Crippen molar-refractivity contribution in [3.63, 3.8) is 0 Å². The zero-order valence-corrected chi connectivity index (χ0v) is 21.8. The predicted molar refractivity (Wildman–Crippen MR) is 141 cm³/mol. The molecule has 4 nitrogen and oxygen atoms in total. The van der Waals surface area contributed by atoms with Gasteiger partial charge in [0.05, 0.1) is 24.4 Å². The van der Waals surface area contributed by atoms with Gasteiger partial charge < -0.3 is 14.0 Å². The Morgan fingerprint density at radius 1 is 0.853 bits per heavy atom. The minimum atomic E-state index is -0.478. The van der Waals surface area contributed by atoms with Crippen LogP contribution in [0.4, 0.5) is 0 Å². The number of ether oxygens (including phenoxy) is 1. The molecule has 0 bridgehead atoms. The maximum absolute atomic E-state index is 6.49. The van der Waals surface area contributed by atoms with Crippen LogP contribution in [-0.2, 0) is 9.31 Å². The number of hydrogen-bond acceptors (Lipinski definition) is 4. The lowest BCUT2D eigenvalue weighted by Crippen LogP contribution is -2.41. The average Bonchev–Trinajstić information content (AvgIpc) is 3.00. The van der Waals surface area contributed by atoms with E-state index in [0.717, 1.165) is 33.5 Å². The third-order valence-corrected chi connectivity index (χ3v) is 7.18. The fourth-order valence-electron chi connectivity index (χ4n) is 4.42. The number of nitrogens with zero attached hydrogens (tertiary/aromatic N) is 1. The van der Waals surface area contributed by atoms with E-state index >= 15 is 0 Å². The first-order chi connectivity index (χ1) is 16.0. The van der Waals surface area contributed by atoms with Gasteiger partial charge >= 0.3 is 7.12 Å². The highest BCUT2D eigenvalue weighted by atomic mass is 35.5. The minimum absolute atomic E-state index is 0.0923. The summed E-state index contributed by atoms with van der Waals surface area (Å²) in [7, 11) is 5.32. The second kappa shape index (κ2) is 9.39. The fourth-order valence-corrected chi connectivity index (χ4v) is 4.66. The van der Waals surface area contributed by atoms with Crippen molar-refractivity contribution >= 4 is 24.2 Å². The second-order valence-corrected chi connectivity index (χ2v) is 10.5. The van der Waals surface area contributed by atoms with Gasteiger partial charge in [-0.05, 0) is 93.8 Å². The van der Waals surface area contributed by atoms with Crippen molar-refractivity contribution in [2.24, 2.45) is 0 Å². The van der Waals surface area contributed by atoms with Crippen molar-refractivity contribution in [3.05, 3.63) is 82.9 Å². The molecule has 1 heterocycles. The van der Waals surface area contributed by atoms with Crippen LogP contribution in [0.5, 0.6) is 5.75 Å². The van der Waals surface area contributed by atoms with Crippen LogP contribution in [0.2, 0.25) is 5.02 Å². The Bertz CT molecular complexity index is 1150. The van der Waals surface area contributed by atoms with E-state index in [2.05, 4.69) is 89.2 Å². The molecule has 1 fully saturated rings. The summed E-state index contributed by atoms with van der Waals surface area (Å²) >= 11 is 6.49. The molecule has 0 aliphatic carbocycles. The summed E-state index contributed by atoms with van der Waals surface area (Å²) in [5, 5.41) is 0.637. The molecule has 0 aromatic heterocycles. The zero-order valence-electron chi connectivity index (χ0n) is 21.1. The quantitative estimate of drug-likeness (QED) is 0.410. The molecule has 0 amide bonds. The molecule has 3 aromatic carbocycles. The predicted octanol–water partition coefficient (Wildman–Crippen LogP) is 5.97. The summed E-state index contributed by atoms with van der Waals surface area (Å²) in [6.07, 6.45) is 0. The van der Waals surface area contributed by atoms with Gasteiger partial charge in [0, 0.05) is 5.02 Å². The van der Waals surface area contributed by atoms with Crippen molar-refractivity contribution in [2.75, 3.05) is 21.2 Å². The lowest BCUT2D eigenvalue weighted by molar-refractivity contribution is 0.00578. The van der Waals surface area contributed by atoms with Gasteiger partial charge in [0.15, 0.2) is 0 Å². The van der Waals surface area contributed by atoms with Crippen LogP contribution in [0.25, 0.3) is 11.1 Å². The summed E-state index contributed by atoms with van der Waals surface area (Å²) in [6.45, 7) is 8.32. The fraction of sp³-hybridized carbons (Fsp3) is 0.357. The van der Waals surface area contributed by atoms with E-state index in [4.69, 9.17) is 25.6 Å². The molecule has 0 unspecified atom stereocenters. The van der Waals surface area contributed by atoms with E-state index in [-0.39, 0.29) is 6.04 Å². The smallest absolute Gasteiger partial charge is 0.495 e. The highest BCUT2D eigenvalue weighted by Gasteiger charge is 2.52. The van der Waals surface area contributed by atoms with Crippen molar-refractivity contribution in [1.82, 2.24) is 4.90 Å². The molecular formula is C28H33BClNO3. The molecule has 0 spiro atoms. The normalized spacial score (nSPS) is 17.7. The van der Waals surface area contributed by atoms with E-state index in [1.165, 1.54) is 0 Å². The summed E-state index contributed by atoms with van der Waals surface area (Å²) in [6, 6.07) is 22.7. The van der Waals surface area contributed by atoms with Crippen LogP contribution in [0.1, 0.15) is 44.9 Å². The second-order valence-electron chi connectivity index (χ2n) is 10.1.